The number of methoxy groups -OCH3 is 1. The number of rotatable bonds is 4. The van der Waals surface area contributed by atoms with Crippen molar-refractivity contribution < 1.29 is 14.1 Å². The summed E-state index contributed by atoms with van der Waals surface area (Å²) in [4.78, 5) is 20.8. The topological polar surface area (TPSA) is 71.7 Å². The minimum Gasteiger partial charge on any atom is -0.496 e. The third-order valence-electron chi connectivity index (χ3n) is 4.38. The summed E-state index contributed by atoms with van der Waals surface area (Å²) in [5, 5.41) is 3.81. The predicted molar refractivity (Wildman–Crippen MR) is 87.7 cm³/mol. The molecule has 1 aromatic carbocycles. The van der Waals surface area contributed by atoms with Gasteiger partial charge >= 0.3 is 0 Å². The molecule has 1 unspecified atom stereocenters. The lowest BCUT2D eigenvalue weighted by atomic mass is 10.0. The Morgan fingerprint density at radius 1 is 1.38 bits per heavy atom. The molecule has 0 spiro atoms. The second-order valence-electron chi connectivity index (χ2n) is 5.98. The minimum atomic E-state index is 0.0174. The first-order valence-corrected chi connectivity index (χ1v) is 7.98. The number of likely N-dealkylation sites (N-methyl/N-ethyl adjacent to an activating group) is 1. The van der Waals surface area contributed by atoms with Gasteiger partial charge in [-0.15, -0.1) is 0 Å². The van der Waals surface area contributed by atoms with E-state index in [9.17, 15) is 4.79 Å². The predicted octanol–water partition coefficient (Wildman–Crippen LogP) is 1.44. The number of para-hydroxylation sites is 1. The van der Waals surface area contributed by atoms with Crippen LogP contribution in [0.5, 0.6) is 5.75 Å². The van der Waals surface area contributed by atoms with Crippen molar-refractivity contribution in [2.75, 3.05) is 33.8 Å². The summed E-state index contributed by atoms with van der Waals surface area (Å²) in [5.41, 5.74) is 1.09. The highest BCUT2D eigenvalue weighted by molar-refractivity contribution is 5.78. The van der Waals surface area contributed by atoms with Gasteiger partial charge in [0.1, 0.15) is 5.75 Å². The van der Waals surface area contributed by atoms with Crippen LogP contribution in [-0.2, 0) is 11.2 Å². The first-order valence-electron chi connectivity index (χ1n) is 7.98. The Morgan fingerprint density at radius 2 is 2.17 bits per heavy atom. The lowest BCUT2D eigenvalue weighted by Crippen LogP contribution is -2.49. The molecular formula is C17H22N4O3. The molecule has 128 valence electrons. The number of benzene rings is 1. The fourth-order valence-electron chi connectivity index (χ4n) is 3.04. The van der Waals surface area contributed by atoms with Crippen LogP contribution < -0.4 is 4.74 Å². The lowest BCUT2D eigenvalue weighted by Gasteiger charge is -2.40. The van der Waals surface area contributed by atoms with Crippen LogP contribution in [0.1, 0.15) is 23.3 Å². The summed E-state index contributed by atoms with van der Waals surface area (Å²) in [6.45, 7) is 3.83. The van der Waals surface area contributed by atoms with Crippen molar-refractivity contribution >= 4 is 5.91 Å². The number of aryl methyl sites for hydroxylation is 1. The smallest absolute Gasteiger partial charge is 0.230 e. The van der Waals surface area contributed by atoms with Crippen LogP contribution in [0.4, 0.5) is 0 Å². The molecule has 2 heterocycles. The molecule has 1 aliphatic rings. The van der Waals surface area contributed by atoms with E-state index in [0.29, 0.717) is 24.8 Å². The quantitative estimate of drug-likeness (QED) is 0.845. The number of hydrogen-bond donors (Lipinski definition) is 0. The molecule has 1 atom stereocenters. The van der Waals surface area contributed by atoms with Gasteiger partial charge in [0.15, 0.2) is 5.82 Å². The largest absolute Gasteiger partial charge is 0.496 e. The number of amides is 1. The van der Waals surface area contributed by atoms with Gasteiger partial charge in [-0.1, -0.05) is 23.4 Å². The van der Waals surface area contributed by atoms with Crippen molar-refractivity contribution in [1.29, 1.82) is 0 Å². The number of aromatic nitrogens is 2. The molecule has 0 radical (unpaired) electrons. The highest BCUT2D eigenvalue weighted by Crippen LogP contribution is 2.31. The number of piperazine rings is 1. The standard InChI is InChI=1S/C17H22N4O3/c1-12-18-16(19-24-12)10-17(22)21-9-8-20(2)14(11-21)13-6-4-5-7-15(13)23-3/h4-7,14H,8-11H2,1-3H3. The maximum absolute atomic E-state index is 12.6. The maximum atomic E-state index is 12.6. The zero-order chi connectivity index (χ0) is 17.1. The van der Waals surface area contributed by atoms with Crippen LogP contribution in [0.2, 0.25) is 0 Å². The Kier molecular flexibility index (Phi) is 4.80. The van der Waals surface area contributed by atoms with Crippen molar-refractivity contribution in [2.45, 2.75) is 19.4 Å². The van der Waals surface area contributed by atoms with Crippen LogP contribution in [-0.4, -0.2) is 59.6 Å². The Morgan fingerprint density at radius 3 is 2.88 bits per heavy atom. The molecule has 1 aliphatic heterocycles. The van der Waals surface area contributed by atoms with Gasteiger partial charge in [-0.25, -0.2) is 0 Å². The molecule has 1 amide bonds. The van der Waals surface area contributed by atoms with Crippen LogP contribution in [0.3, 0.4) is 0 Å². The average Bonchev–Trinajstić information content (AvgIpc) is 3.00. The third-order valence-corrected chi connectivity index (χ3v) is 4.38. The van der Waals surface area contributed by atoms with E-state index in [1.54, 1.807) is 14.0 Å². The van der Waals surface area contributed by atoms with E-state index in [-0.39, 0.29) is 18.4 Å². The normalized spacial score (nSPS) is 18.6. The van der Waals surface area contributed by atoms with Gasteiger partial charge in [0.2, 0.25) is 11.8 Å². The zero-order valence-corrected chi connectivity index (χ0v) is 14.2. The molecule has 0 N–H and O–H groups in total. The van der Waals surface area contributed by atoms with Crippen molar-refractivity contribution in [2.24, 2.45) is 0 Å². The van der Waals surface area contributed by atoms with E-state index >= 15 is 0 Å². The van der Waals surface area contributed by atoms with Gasteiger partial charge < -0.3 is 14.2 Å². The van der Waals surface area contributed by atoms with Gasteiger partial charge in [-0.3, -0.25) is 9.69 Å². The van der Waals surface area contributed by atoms with E-state index in [1.807, 2.05) is 23.1 Å². The highest BCUT2D eigenvalue weighted by atomic mass is 16.5. The van der Waals surface area contributed by atoms with E-state index in [1.165, 1.54) is 0 Å². The number of ether oxygens (including phenoxy) is 1. The summed E-state index contributed by atoms with van der Waals surface area (Å²) < 4.78 is 10.4. The summed E-state index contributed by atoms with van der Waals surface area (Å²) in [5.74, 6) is 1.77. The van der Waals surface area contributed by atoms with Crippen LogP contribution in [0.25, 0.3) is 0 Å². The van der Waals surface area contributed by atoms with Gasteiger partial charge in [-0.05, 0) is 13.1 Å². The Bertz CT molecular complexity index is 715. The Hall–Kier alpha value is -2.41. The number of carbonyl (C=O) groups excluding carboxylic acids is 1. The van der Waals surface area contributed by atoms with Gasteiger partial charge in [-0.2, -0.15) is 4.98 Å². The molecule has 3 rings (SSSR count). The van der Waals surface area contributed by atoms with E-state index in [0.717, 1.165) is 17.9 Å². The SMILES string of the molecule is COc1ccccc1C1CN(C(=O)Cc2noc(C)n2)CCN1C. The Balaban J connectivity index is 1.74. The molecule has 1 saturated heterocycles. The summed E-state index contributed by atoms with van der Waals surface area (Å²) in [6, 6.07) is 8.05. The molecule has 0 aliphatic carbocycles. The van der Waals surface area contributed by atoms with Crippen LogP contribution in [0.15, 0.2) is 28.8 Å². The molecule has 1 aromatic heterocycles. The highest BCUT2D eigenvalue weighted by Gasteiger charge is 2.30. The molecule has 0 bridgehead atoms. The van der Waals surface area contributed by atoms with E-state index < -0.39 is 0 Å². The lowest BCUT2D eigenvalue weighted by molar-refractivity contribution is -0.133. The second-order valence-corrected chi connectivity index (χ2v) is 5.98. The molecule has 7 nitrogen and oxygen atoms in total. The van der Waals surface area contributed by atoms with E-state index in [2.05, 4.69) is 28.2 Å². The Labute approximate surface area is 141 Å². The fourth-order valence-corrected chi connectivity index (χ4v) is 3.04. The zero-order valence-electron chi connectivity index (χ0n) is 14.2. The summed E-state index contributed by atoms with van der Waals surface area (Å²) in [6.07, 6.45) is 0.166. The number of carbonyl (C=O) groups is 1. The molecule has 2 aromatic rings. The van der Waals surface area contributed by atoms with Gasteiger partial charge in [0.25, 0.3) is 0 Å². The van der Waals surface area contributed by atoms with Crippen molar-refractivity contribution in [1.82, 2.24) is 19.9 Å². The molecule has 24 heavy (non-hydrogen) atoms. The second kappa shape index (κ2) is 7.00. The number of nitrogens with zero attached hydrogens (tertiary/aromatic N) is 4. The van der Waals surface area contributed by atoms with Crippen LogP contribution in [0, 0.1) is 6.92 Å². The first kappa shape index (κ1) is 16.4. The molecule has 1 fully saturated rings. The van der Waals surface area contributed by atoms with Crippen LogP contribution >= 0.6 is 0 Å². The third kappa shape index (κ3) is 3.41. The van der Waals surface area contributed by atoms with Gasteiger partial charge in [0.05, 0.1) is 19.6 Å². The fraction of sp³-hybridized carbons (Fsp3) is 0.471. The van der Waals surface area contributed by atoms with Gasteiger partial charge in [0, 0.05) is 32.1 Å². The number of hydrogen-bond acceptors (Lipinski definition) is 6. The molecule has 0 saturated carbocycles. The van der Waals surface area contributed by atoms with Crippen molar-refractivity contribution in [3.05, 3.63) is 41.5 Å². The monoisotopic (exact) mass is 330 g/mol. The molecular weight excluding hydrogens is 308 g/mol. The minimum absolute atomic E-state index is 0.0174. The van der Waals surface area contributed by atoms with Crippen molar-refractivity contribution in [3.63, 3.8) is 0 Å². The maximum Gasteiger partial charge on any atom is 0.230 e. The van der Waals surface area contributed by atoms with Crippen molar-refractivity contribution in [3.8, 4) is 5.75 Å². The summed E-state index contributed by atoms with van der Waals surface area (Å²) >= 11 is 0. The van der Waals surface area contributed by atoms with E-state index in [4.69, 9.17) is 9.26 Å². The first-order chi connectivity index (χ1) is 11.6. The average molecular weight is 330 g/mol. The molecule has 7 heteroatoms. The summed E-state index contributed by atoms with van der Waals surface area (Å²) in [7, 11) is 3.74.